The number of aromatic nitrogens is 1. The fourth-order valence-electron chi connectivity index (χ4n) is 6.49. The predicted molar refractivity (Wildman–Crippen MR) is 153 cm³/mol. The second-order valence-corrected chi connectivity index (χ2v) is 9.84. The highest BCUT2D eigenvalue weighted by Crippen LogP contribution is 2.48. The molecular formula is C35H23N. The van der Waals surface area contributed by atoms with Gasteiger partial charge in [0.1, 0.15) is 0 Å². The first-order valence-corrected chi connectivity index (χ1v) is 12.7. The molecule has 0 amide bonds. The van der Waals surface area contributed by atoms with Crippen molar-refractivity contribution in [1.29, 1.82) is 0 Å². The van der Waals surface area contributed by atoms with Crippen molar-refractivity contribution in [2.45, 2.75) is 12.8 Å². The maximum atomic E-state index is 4.62. The molecule has 0 atom stereocenters. The molecule has 0 aliphatic heterocycles. The van der Waals surface area contributed by atoms with E-state index in [1.165, 1.54) is 76.8 Å². The van der Waals surface area contributed by atoms with Crippen molar-refractivity contribution in [3.63, 3.8) is 0 Å². The third-order valence-electron chi connectivity index (χ3n) is 7.99. The normalized spacial score (nSPS) is 13.9. The summed E-state index contributed by atoms with van der Waals surface area (Å²) in [5, 5.41) is 7.80. The van der Waals surface area contributed by atoms with E-state index in [9.17, 15) is 0 Å². The Kier molecular flexibility index (Phi) is 4.12. The van der Waals surface area contributed by atoms with E-state index in [-0.39, 0.29) is 0 Å². The van der Waals surface area contributed by atoms with Gasteiger partial charge in [-0.3, -0.25) is 4.98 Å². The van der Waals surface area contributed by atoms with E-state index in [1.54, 1.807) is 0 Å². The van der Waals surface area contributed by atoms with E-state index in [2.05, 4.69) is 114 Å². The summed E-state index contributed by atoms with van der Waals surface area (Å²) >= 11 is 0. The van der Waals surface area contributed by atoms with Crippen molar-refractivity contribution < 1.29 is 0 Å². The fraction of sp³-hybridized carbons (Fsp3) is 0.0571. The zero-order valence-electron chi connectivity index (χ0n) is 19.8. The van der Waals surface area contributed by atoms with Crippen LogP contribution in [0.3, 0.4) is 0 Å². The molecule has 0 N–H and O–H groups in total. The molecule has 0 unspecified atom stereocenters. The zero-order chi connectivity index (χ0) is 23.6. The lowest BCUT2D eigenvalue weighted by Crippen LogP contribution is -2.05. The molecule has 5 aromatic carbocycles. The van der Waals surface area contributed by atoms with Crippen molar-refractivity contribution >= 4 is 44.0 Å². The number of rotatable bonds is 2. The van der Waals surface area contributed by atoms with Crippen LogP contribution < -0.4 is 0 Å². The van der Waals surface area contributed by atoms with Gasteiger partial charge in [0.25, 0.3) is 0 Å². The van der Waals surface area contributed by atoms with Gasteiger partial charge in [-0.15, -0.1) is 0 Å². The molecule has 0 bridgehead atoms. The molecule has 0 saturated heterocycles. The average Bonchev–Trinajstić information content (AvgIpc) is 2.95. The molecule has 0 fully saturated rings. The number of hydrogen-bond donors (Lipinski definition) is 0. The second kappa shape index (κ2) is 7.50. The molecule has 0 spiro atoms. The van der Waals surface area contributed by atoms with Crippen LogP contribution in [-0.2, 0) is 6.42 Å². The molecule has 168 valence electrons. The van der Waals surface area contributed by atoms with Gasteiger partial charge in [0.15, 0.2) is 0 Å². The second-order valence-electron chi connectivity index (χ2n) is 9.84. The minimum Gasteiger partial charge on any atom is -0.264 e. The SMILES string of the molecule is C1=Cc2ccc3ccc(-c4c5ccccc5c(-c5ccccc5)c5ccncc45)c4c3c2C(=CC4)C1. The monoisotopic (exact) mass is 457 g/mol. The van der Waals surface area contributed by atoms with Gasteiger partial charge in [-0.25, -0.2) is 0 Å². The Morgan fingerprint density at radius 2 is 1.39 bits per heavy atom. The molecule has 0 radical (unpaired) electrons. The van der Waals surface area contributed by atoms with Crippen molar-refractivity contribution in [2.75, 3.05) is 0 Å². The number of hydrogen-bond acceptors (Lipinski definition) is 1. The van der Waals surface area contributed by atoms with E-state index < -0.39 is 0 Å². The van der Waals surface area contributed by atoms with Crippen molar-refractivity contribution in [2.24, 2.45) is 0 Å². The van der Waals surface area contributed by atoms with Gasteiger partial charge < -0.3 is 0 Å². The lowest BCUT2D eigenvalue weighted by atomic mass is 9.78. The van der Waals surface area contributed by atoms with E-state index in [0.29, 0.717) is 0 Å². The van der Waals surface area contributed by atoms with Gasteiger partial charge in [-0.2, -0.15) is 0 Å². The van der Waals surface area contributed by atoms with Crippen LogP contribution in [0.15, 0.2) is 109 Å². The Bertz CT molecular complexity index is 1870. The van der Waals surface area contributed by atoms with Crippen LogP contribution in [0.5, 0.6) is 0 Å². The predicted octanol–water partition coefficient (Wildman–Crippen LogP) is 9.23. The van der Waals surface area contributed by atoms with Gasteiger partial charge in [-0.05, 0) is 90.4 Å². The van der Waals surface area contributed by atoms with Crippen molar-refractivity contribution in [1.82, 2.24) is 4.98 Å². The highest BCUT2D eigenvalue weighted by atomic mass is 14.6. The summed E-state index contributed by atoms with van der Waals surface area (Å²) in [6.07, 6.45) is 13.0. The minimum absolute atomic E-state index is 0.961. The van der Waals surface area contributed by atoms with Gasteiger partial charge >= 0.3 is 0 Å². The van der Waals surface area contributed by atoms with Crippen LogP contribution in [0.1, 0.15) is 23.1 Å². The average molecular weight is 458 g/mol. The Hall–Kier alpha value is -4.49. The first kappa shape index (κ1) is 19.8. The molecule has 6 aromatic rings. The molecule has 2 aliphatic rings. The summed E-state index contributed by atoms with van der Waals surface area (Å²) in [7, 11) is 0. The Morgan fingerprint density at radius 1 is 0.611 bits per heavy atom. The van der Waals surface area contributed by atoms with E-state index in [1.807, 2.05) is 6.20 Å². The number of pyridine rings is 1. The molecule has 1 heterocycles. The standard InChI is InChI=1S/C35H23N/c1-2-7-22(8-3-1)33-26-11-4-5-12-27(26)35(31-21-36-20-19-30(31)33)29-18-16-25-14-13-23-9-6-10-24-15-17-28(29)34(25)32(23)24/h1-9,11-16,18-21H,10,17H2. The van der Waals surface area contributed by atoms with E-state index in [4.69, 9.17) is 0 Å². The number of allylic oxidation sites excluding steroid dienone is 3. The number of nitrogens with zero attached hydrogens (tertiary/aromatic N) is 1. The highest BCUT2D eigenvalue weighted by molar-refractivity contribution is 6.22. The highest BCUT2D eigenvalue weighted by Gasteiger charge is 2.24. The van der Waals surface area contributed by atoms with Gasteiger partial charge in [0.2, 0.25) is 0 Å². The van der Waals surface area contributed by atoms with Crippen LogP contribution in [0.25, 0.3) is 66.2 Å². The Balaban J connectivity index is 1.54. The number of benzene rings is 5. The summed E-state index contributed by atoms with van der Waals surface area (Å²) in [5.74, 6) is 0. The van der Waals surface area contributed by atoms with E-state index in [0.717, 1.165) is 12.8 Å². The third kappa shape index (κ3) is 2.69. The van der Waals surface area contributed by atoms with Gasteiger partial charge in [-0.1, -0.05) is 97.1 Å². The summed E-state index contributed by atoms with van der Waals surface area (Å²) in [6.45, 7) is 0. The number of fused-ring (bicyclic) bond motifs is 2. The first-order valence-electron chi connectivity index (χ1n) is 12.7. The summed E-state index contributed by atoms with van der Waals surface area (Å²) in [5.41, 5.74) is 10.8. The smallest absolute Gasteiger partial charge is 0.0353 e. The molecule has 1 aromatic heterocycles. The molecule has 8 rings (SSSR count). The maximum Gasteiger partial charge on any atom is 0.0353 e. The Morgan fingerprint density at radius 3 is 2.28 bits per heavy atom. The topological polar surface area (TPSA) is 12.9 Å². The van der Waals surface area contributed by atoms with Crippen LogP contribution in [0.4, 0.5) is 0 Å². The molecule has 0 saturated carbocycles. The minimum atomic E-state index is 0.961. The van der Waals surface area contributed by atoms with Crippen LogP contribution >= 0.6 is 0 Å². The molecule has 1 nitrogen and oxygen atoms in total. The van der Waals surface area contributed by atoms with Crippen LogP contribution in [0.2, 0.25) is 0 Å². The first-order chi connectivity index (χ1) is 17.9. The Labute approximate surface area is 210 Å². The molecule has 1 heteroatoms. The third-order valence-corrected chi connectivity index (χ3v) is 7.99. The largest absolute Gasteiger partial charge is 0.264 e. The summed E-state index contributed by atoms with van der Waals surface area (Å²) in [4.78, 5) is 4.62. The van der Waals surface area contributed by atoms with Crippen LogP contribution in [-0.4, -0.2) is 4.98 Å². The van der Waals surface area contributed by atoms with Gasteiger partial charge in [0.05, 0.1) is 0 Å². The maximum absolute atomic E-state index is 4.62. The lowest BCUT2D eigenvalue weighted by Gasteiger charge is -2.26. The van der Waals surface area contributed by atoms with Crippen molar-refractivity contribution in [3.8, 4) is 22.3 Å². The zero-order valence-corrected chi connectivity index (χ0v) is 19.8. The fourth-order valence-corrected chi connectivity index (χ4v) is 6.49. The van der Waals surface area contributed by atoms with E-state index >= 15 is 0 Å². The molecule has 2 aliphatic carbocycles. The van der Waals surface area contributed by atoms with Crippen LogP contribution in [0, 0.1) is 0 Å². The molecular weight excluding hydrogens is 434 g/mol. The lowest BCUT2D eigenvalue weighted by molar-refractivity contribution is 1.23. The quantitative estimate of drug-likeness (QED) is 0.236. The summed E-state index contributed by atoms with van der Waals surface area (Å²) in [6, 6.07) is 31.1. The summed E-state index contributed by atoms with van der Waals surface area (Å²) < 4.78 is 0. The van der Waals surface area contributed by atoms with Crippen molar-refractivity contribution in [3.05, 3.63) is 126 Å². The van der Waals surface area contributed by atoms with Gasteiger partial charge in [0, 0.05) is 17.8 Å². The molecule has 36 heavy (non-hydrogen) atoms.